The van der Waals surface area contributed by atoms with Gasteiger partial charge in [-0.15, -0.1) is 0 Å². The molecular weight excluding hydrogens is 165 g/mol. The molecule has 70 valence electrons. The maximum absolute atomic E-state index is 13.0. The summed E-state index contributed by atoms with van der Waals surface area (Å²) in [6, 6.07) is 6.90. The Balaban J connectivity index is 2.33. The van der Waals surface area contributed by atoms with Gasteiger partial charge >= 0.3 is 0 Å². The van der Waals surface area contributed by atoms with Crippen LogP contribution in [0.15, 0.2) is 24.3 Å². The monoisotopic (exact) mass is 179 g/mol. The van der Waals surface area contributed by atoms with Gasteiger partial charge < -0.3 is 5.32 Å². The molecule has 0 aromatic heterocycles. The molecule has 0 spiro atoms. The van der Waals surface area contributed by atoms with Crippen LogP contribution < -0.4 is 5.32 Å². The van der Waals surface area contributed by atoms with Crippen LogP contribution in [0.2, 0.25) is 0 Å². The van der Waals surface area contributed by atoms with E-state index in [1.807, 2.05) is 6.07 Å². The first-order valence-corrected chi connectivity index (χ1v) is 4.78. The zero-order valence-corrected chi connectivity index (χ0v) is 7.81. The van der Waals surface area contributed by atoms with Crippen LogP contribution in [-0.2, 0) is 5.54 Å². The first kappa shape index (κ1) is 8.70. The molecule has 1 heterocycles. The topological polar surface area (TPSA) is 12.0 Å². The van der Waals surface area contributed by atoms with Crippen LogP contribution in [0.4, 0.5) is 4.39 Å². The van der Waals surface area contributed by atoms with Crippen molar-refractivity contribution in [1.29, 1.82) is 0 Å². The molecule has 0 saturated carbocycles. The molecule has 13 heavy (non-hydrogen) atoms. The Morgan fingerprint density at radius 2 is 2.31 bits per heavy atom. The van der Waals surface area contributed by atoms with E-state index < -0.39 is 0 Å². The Morgan fingerprint density at radius 3 is 2.77 bits per heavy atom. The Bertz CT molecular complexity index is 299. The van der Waals surface area contributed by atoms with Gasteiger partial charge in [0.2, 0.25) is 0 Å². The number of benzene rings is 1. The third kappa shape index (κ3) is 1.35. The van der Waals surface area contributed by atoms with E-state index in [0.29, 0.717) is 0 Å². The Morgan fingerprint density at radius 1 is 1.54 bits per heavy atom. The molecule has 2 heteroatoms. The SMILES string of the molecule is CCC1(c2cccc(F)c2)CCN1. The largest absolute Gasteiger partial charge is 0.307 e. The second kappa shape index (κ2) is 3.11. The van der Waals surface area contributed by atoms with E-state index in [-0.39, 0.29) is 11.4 Å². The van der Waals surface area contributed by atoms with Crippen molar-refractivity contribution in [3.63, 3.8) is 0 Å². The Kier molecular flexibility index (Phi) is 2.08. The summed E-state index contributed by atoms with van der Waals surface area (Å²) < 4.78 is 13.0. The number of halogens is 1. The summed E-state index contributed by atoms with van der Waals surface area (Å²) in [5.41, 5.74) is 1.14. The molecule has 0 radical (unpaired) electrons. The predicted octanol–water partition coefficient (Wildman–Crippen LogP) is 2.42. The summed E-state index contributed by atoms with van der Waals surface area (Å²) in [5, 5.41) is 3.39. The highest BCUT2D eigenvalue weighted by molar-refractivity contribution is 5.27. The molecule has 0 amide bonds. The van der Waals surface area contributed by atoms with E-state index in [1.54, 1.807) is 12.1 Å². The van der Waals surface area contributed by atoms with Crippen molar-refractivity contribution in [3.8, 4) is 0 Å². The van der Waals surface area contributed by atoms with Gasteiger partial charge in [0.1, 0.15) is 5.82 Å². The highest BCUT2D eigenvalue weighted by Gasteiger charge is 2.36. The van der Waals surface area contributed by atoms with Crippen LogP contribution in [-0.4, -0.2) is 6.54 Å². The van der Waals surface area contributed by atoms with Crippen molar-refractivity contribution >= 4 is 0 Å². The second-order valence-electron chi connectivity index (χ2n) is 3.62. The predicted molar refractivity (Wildman–Crippen MR) is 51.0 cm³/mol. The minimum atomic E-state index is -0.140. The van der Waals surface area contributed by atoms with Gasteiger partial charge in [-0.2, -0.15) is 0 Å². The highest BCUT2D eigenvalue weighted by Crippen LogP contribution is 2.34. The molecule has 1 nitrogen and oxygen atoms in total. The molecule has 1 atom stereocenters. The summed E-state index contributed by atoms with van der Waals surface area (Å²) in [5.74, 6) is -0.140. The highest BCUT2D eigenvalue weighted by atomic mass is 19.1. The molecule has 1 aromatic rings. The zero-order chi connectivity index (χ0) is 9.31. The summed E-state index contributed by atoms with van der Waals surface area (Å²) in [6.45, 7) is 3.18. The quantitative estimate of drug-likeness (QED) is 0.735. The van der Waals surface area contributed by atoms with E-state index in [0.717, 1.165) is 24.9 Å². The van der Waals surface area contributed by atoms with Gasteiger partial charge in [0.25, 0.3) is 0 Å². The number of hydrogen-bond donors (Lipinski definition) is 1. The maximum atomic E-state index is 13.0. The van der Waals surface area contributed by atoms with Gasteiger partial charge in [0.15, 0.2) is 0 Å². The normalized spacial score (nSPS) is 26.9. The van der Waals surface area contributed by atoms with Crippen molar-refractivity contribution < 1.29 is 4.39 Å². The standard InChI is InChI=1S/C11H14FN/c1-2-11(6-7-13-11)9-4-3-5-10(12)8-9/h3-5,8,13H,2,6-7H2,1H3. The Hall–Kier alpha value is -0.890. The zero-order valence-electron chi connectivity index (χ0n) is 7.81. The first-order valence-electron chi connectivity index (χ1n) is 4.78. The maximum Gasteiger partial charge on any atom is 0.123 e. The van der Waals surface area contributed by atoms with Crippen LogP contribution in [0.3, 0.4) is 0 Å². The van der Waals surface area contributed by atoms with E-state index >= 15 is 0 Å². The fourth-order valence-electron chi connectivity index (χ4n) is 1.97. The van der Waals surface area contributed by atoms with Gasteiger partial charge in [-0.25, -0.2) is 4.39 Å². The molecule has 2 rings (SSSR count). The molecule has 1 N–H and O–H groups in total. The van der Waals surface area contributed by atoms with Gasteiger partial charge in [0.05, 0.1) is 0 Å². The van der Waals surface area contributed by atoms with Crippen LogP contribution in [0.1, 0.15) is 25.3 Å². The van der Waals surface area contributed by atoms with Gasteiger partial charge in [-0.1, -0.05) is 19.1 Å². The van der Waals surface area contributed by atoms with Crippen molar-refractivity contribution in [2.24, 2.45) is 0 Å². The molecular formula is C11H14FN. The summed E-state index contributed by atoms with van der Waals surface area (Å²) in [7, 11) is 0. The first-order chi connectivity index (χ1) is 6.27. The molecule has 1 aromatic carbocycles. The fraction of sp³-hybridized carbons (Fsp3) is 0.455. The van der Waals surface area contributed by atoms with Gasteiger partial charge in [-0.05, 0) is 37.1 Å². The van der Waals surface area contributed by atoms with Crippen LogP contribution >= 0.6 is 0 Å². The van der Waals surface area contributed by atoms with Crippen LogP contribution in [0.25, 0.3) is 0 Å². The van der Waals surface area contributed by atoms with E-state index in [2.05, 4.69) is 12.2 Å². The molecule has 0 aliphatic carbocycles. The lowest BCUT2D eigenvalue weighted by Gasteiger charge is -2.43. The lowest BCUT2D eigenvalue weighted by Crippen LogP contribution is -2.53. The van der Waals surface area contributed by atoms with Crippen molar-refractivity contribution in [1.82, 2.24) is 5.32 Å². The second-order valence-corrected chi connectivity index (χ2v) is 3.62. The molecule has 1 fully saturated rings. The third-order valence-electron chi connectivity index (χ3n) is 3.00. The van der Waals surface area contributed by atoms with E-state index in [9.17, 15) is 4.39 Å². The van der Waals surface area contributed by atoms with Crippen molar-refractivity contribution in [3.05, 3.63) is 35.6 Å². The molecule has 1 aliphatic rings. The van der Waals surface area contributed by atoms with Crippen LogP contribution in [0, 0.1) is 5.82 Å². The van der Waals surface area contributed by atoms with Gasteiger partial charge in [0, 0.05) is 5.54 Å². The van der Waals surface area contributed by atoms with Gasteiger partial charge in [-0.3, -0.25) is 0 Å². The van der Waals surface area contributed by atoms with E-state index in [1.165, 1.54) is 6.07 Å². The average Bonchev–Trinajstić information content (AvgIpc) is 2.03. The minimum Gasteiger partial charge on any atom is -0.307 e. The molecule has 1 saturated heterocycles. The minimum absolute atomic E-state index is 0.0576. The van der Waals surface area contributed by atoms with Crippen LogP contribution in [0.5, 0.6) is 0 Å². The molecule has 0 bridgehead atoms. The molecule has 1 unspecified atom stereocenters. The van der Waals surface area contributed by atoms with Crippen molar-refractivity contribution in [2.45, 2.75) is 25.3 Å². The Labute approximate surface area is 78.0 Å². The lowest BCUT2D eigenvalue weighted by atomic mass is 9.79. The summed E-state index contributed by atoms with van der Waals surface area (Å²) in [6.07, 6.45) is 2.14. The van der Waals surface area contributed by atoms with Crippen molar-refractivity contribution in [2.75, 3.05) is 6.54 Å². The molecule has 1 aliphatic heterocycles. The average molecular weight is 179 g/mol. The number of rotatable bonds is 2. The third-order valence-corrected chi connectivity index (χ3v) is 3.00. The number of nitrogens with one attached hydrogen (secondary N) is 1. The lowest BCUT2D eigenvalue weighted by molar-refractivity contribution is 0.201. The summed E-state index contributed by atoms with van der Waals surface area (Å²) in [4.78, 5) is 0. The smallest absolute Gasteiger partial charge is 0.123 e. The summed E-state index contributed by atoms with van der Waals surface area (Å²) >= 11 is 0. The van der Waals surface area contributed by atoms with E-state index in [4.69, 9.17) is 0 Å². The number of hydrogen-bond acceptors (Lipinski definition) is 1. The fourth-order valence-corrected chi connectivity index (χ4v) is 1.97.